The van der Waals surface area contributed by atoms with E-state index >= 15 is 0 Å². The maximum Gasteiger partial charge on any atom is 0.242 e. The van der Waals surface area contributed by atoms with Gasteiger partial charge in [0.05, 0.1) is 0 Å². The number of rotatable bonds is 7. The minimum absolute atomic E-state index is 0.148. The molecule has 1 N–H and O–H groups in total. The molecule has 0 aliphatic rings. The normalized spacial score (nSPS) is 10.9. The summed E-state index contributed by atoms with van der Waals surface area (Å²) in [4.78, 5) is 13.5. The molecule has 0 aliphatic heterocycles. The third-order valence-corrected chi connectivity index (χ3v) is 2.91. The smallest absolute Gasteiger partial charge is 0.242 e. The molecule has 0 fully saturated rings. The summed E-state index contributed by atoms with van der Waals surface area (Å²) in [6.45, 7) is 9.42. The SMILES string of the molecule is CCN(C)C(=O)Cn1ccc(CNCC(C)C)c1. The highest BCUT2D eigenvalue weighted by atomic mass is 16.2. The van der Waals surface area contributed by atoms with Crippen LogP contribution in [0.15, 0.2) is 18.5 Å². The van der Waals surface area contributed by atoms with Crippen molar-refractivity contribution in [2.45, 2.75) is 33.9 Å². The van der Waals surface area contributed by atoms with Gasteiger partial charge in [0.25, 0.3) is 0 Å². The van der Waals surface area contributed by atoms with Crippen LogP contribution in [0.3, 0.4) is 0 Å². The average Bonchev–Trinajstić information content (AvgIpc) is 2.75. The Hall–Kier alpha value is -1.29. The van der Waals surface area contributed by atoms with E-state index in [1.807, 2.05) is 30.9 Å². The summed E-state index contributed by atoms with van der Waals surface area (Å²) >= 11 is 0. The molecule has 0 saturated carbocycles. The quantitative estimate of drug-likeness (QED) is 0.801. The Morgan fingerprint density at radius 2 is 2.22 bits per heavy atom. The van der Waals surface area contributed by atoms with Crippen LogP contribution in [-0.4, -0.2) is 35.5 Å². The molecular weight excluding hydrogens is 226 g/mol. The molecule has 0 bridgehead atoms. The highest BCUT2D eigenvalue weighted by Crippen LogP contribution is 2.02. The van der Waals surface area contributed by atoms with Gasteiger partial charge in [0.1, 0.15) is 6.54 Å². The van der Waals surface area contributed by atoms with E-state index in [1.54, 1.807) is 4.90 Å². The van der Waals surface area contributed by atoms with Crippen LogP contribution in [0.2, 0.25) is 0 Å². The standard InChI is InChI=1S/C14H25N3O/c1-5-16(4)14(18)11-17-7-6-13(10-17)9-15-8-12(2)3/h6-7,10,12,15H,5,8-9,11H2,1-4H3. The van der Waals surface area contributed by atoms with Crippen molar-refractivity contribution in [2.75, 3.05) is 20.1 Å². The Morgan fingerprint density at radius 1 is 1.50 bits per heavy atom. The number of likely N-dealkylation sites (N-methyl/N-ethyl adjacent to an activating group) is 1. The van der Waals surface area contributed by atoms with Gasteiger partial charge in [-0.05, 0) is 31.0 Å². The maximum absolute atomic E-state index is 11.7. The summed E-state index contributed by atoms with van der Waals surface area (Å²) in [6, 6.07) is 2.06. The molecular formula is C14H25N3O. The first-order valence-electron chi connectivity index (χ1n) is 6.62. The van der Waals surface area contributed by atoms with E-state index < -0.39 is 0 Å². The Kier molecular flexibility index (Phi) is 5.92. The van der Waals surface area contributed by atoms with Crippen LogP contribution < -0.4 is 5.32 Å². The van der Waals surface area contributed by atoms with Gasteiger partial charge in [-0.25, -0.2) is 0 Å². The summed E-state index contributed by atoms with van der Waals surface area (Å²) in [5.74, 6) is 0.807. The van der Waals surface area contributed by atoms with Crippen LogP contribution >= 0.6 is 0 Å². The largest absolute Gasteiger partial charge is 0.345 e. The van der Waals surface area contributed by atoms with Crippen LogP contribution in [0, 0.1) is 5.92 Å². The van der Waals surface area contributed by atoms with Gasteiger partial charge in [0.15, 0.2) is 0 Å². The first-order valence-corrected chi connectivity index (χ1v) is 6.62. The number of hydrogen-bond donors (Lipinski definition) is 1. The lowest BCUT2D eigenvalue weighted by atomic mass is 10.2. The van der Waals surface area contributed by atoms with E-state index in [0.717, 1.165) is 19.6 Å². The van der Waals surface area contributed by atoms with E-state index in [4.69, 9.17) is 0 Å². The molecule has 1 amide bonds. The first kappa shape index (κ1) is 14.8. The zero-order chi connectivity index (χ0) is 13.5. The molecule has 4 nitrogen and oxygen atoms in total. The number of hydrogen-bond acceptors (Lipinski definition) is 2. The van der Waals surface area contributed by atoms with Crippen LogP contribution in [0.1, 0.15) is 26.3 Å². The van der Waals surface area contributed by atoms with Gasteiger partial charge in [0, 0.05) is 32.5 Å². The van der Waals surface area contributed by atoms with E-state index in [2.05, 4.69) is 25.2 Å². The highest BCUT2D eigenvalue weighted by Gasteiger charge is 2.07. The number of aromatic nitrogens is 1. The molecule has 0 radical (unpaired) electrons. The summed E-state index contributed by atoms with van der Waals surface area (Å²) < 4.78 is 1.95. The Bertz CT molecular complexity index is 371. The van der Waals surface area contributed by atoms with E-state index in [9.17, 15) is 4.79 Å². The second-order valence-electron chi connectivity index (χ2n) is 5.12. The average molecular weight is 251 g/mol. The zero-order valence-corrected chi connectivity index (χ0v) is 11.9. The predicted octanol–water partition coefficient (Wildman–Crippen LogP) is 1.71. The molecule has 0 spiro atoms. The maximum atomic E-state index is 11.7. The molecule has 1 heterocycles. The summed E-state index contributed by atoms with van der Waals surface area (Å²) in [5, 5.41) is 3.39. The van der Waals surface area contributed by atoms with Crippen molar-refractivity contribution in [1.82, 2.24) is 14.8 Å². The molecule has 1 aromatic rings. The summed E-state index contributed by atoms with van der Waals surface area (Å²) in [5.41, 5.74) is 1.22. The summed E-state index contributed by atoms with van der Waals surface area (Å²) in [6.07, 6.45) is 4.00. The first-order chi connectivity index (χ1) is 8.52. The third kappa shape index (κ3) is 4.92. The van der Waals surface area contributed by atoms with Crippen LogP contribution in [0.5, 0.6) is 0 Å². The fourth-order valence-electron chi connectivity index (χ4n) is 1.65. The van der Waals surface area contributed by atoms with Crippen LogP contribution in [0.25, 0.3) is 0 Å². The van der Waals surface area contributed by atoms with Crippen LogP contribution in [0.4, 0.5) is 0 Å². The van der Waals surface area contributed by atoms with Gasteiger partial charge in [-0.1, -0.05) is 13.8 Å². The Labute approximate surface area is 110 Å². The molecule has 0 atom stereocenters. The second-order valence-corrected chi connectivity index (χ2v) is 5.12. The van der Waals surface area contributed by atoms with Crippen molar-refractivity contribution in [3.63, 3.8) is 0 Å². The summed E-state index contributed by atoms with van der Waals surface area (Å²) in [7, 11) is 1.83. The number of nitrogens with one attached hydrogen (secondary N) is 1. The van der Waals surface area contributed by atoms with Crippen LogP contribution in [-0.2, 0) is 17.9 Å². The van der Waals surface area contributed by atoms with Gasteiger partial charge < -0.3 is 14.8 Å². The molecule has 18 heavy (non-hydrogen) atoms. The fraction of sp³-hybridized carbons (Fsp3) is 0.643. The van der Waals surface area contributed by atoms with E-state index in [0.29, 0.717) is 12.5 Å². The number of carbonyl (C=O) groups excluding carboxylic acids is 1. The molecule has 0 saturated heterocycles. The molecule has 4 heteroatoms. The molecule has 0 unspecified atom stereocenters. The fourth-order valence-corrected chi connectivity index (χ4v) is 1.65. The van der Waals surface area contributed by atoms with Crippen molar-refractivity contribution in [1.29, 1.82) is 0 Å². The third-order valence-electron chi connectivity index (χ3n) is 2.91. The molecule has 0 aromatic carbocycles. The van der Waals surface area contributed by atoms with E-state index in [1.165, 1.54) is 5.56 Å². The van der Waals surface area contributed by atoms with Crippen molar-refractivity contribution in [2.24, 2.45) is 5.92 Å². The predicted molar refractivity (Wildman–Crippen MR) is 74.3 cm³/mol. The lowest BCUT2D eigenvalue weighted by Crippen LogP contribution is -2.29. The Balaban J connectivity index is 2.41. The van der Waals surface area contributed by atoms with Gasteiger partial charge in [-0.2, -0.15) is 0 Å². The molecule has 0 aliphatic carbocycles. The second kappa shape index (κ2) is 7.21. The zero-order valence-electron chi connectivity index (χ0n) is 11.9. The highest BCUT2D eigenvalue weighted by molar-refractivity contribution is 5.75. The topological polar surface area (TPSA) is 37.3 Å². The number of carbonyl (C=O) groups is 1. The Morgan fingerprint density at radius 3 is 2.83 bits per heavy atom. The minimum atomic E-state index is 0.148. The number of nitrogens with zero attached hydrogens (tertiary/aromatic N) is 2. The number of amides is 1. The molecule has 1 aromatic heterocycles. The van der Waals surface area contributed by atoms with Gasteiger partial charge >= 0.3 is 0 Å². The van der Waals surface area contributed by atoms with Crippen molar-refractivity contribution in [3.05, 3.63) is 24.0 Å². The minimum Gasteiger partial charge on any atom is -0.345 e. The monoisotopic (exact) mass is 251 g/mol. The van der Waals surface area contributed by atoms with Gasteiger partial charge in [-0.3, -0.25) is 4.79 Å². The lowest BCUT2D eigenvalue weighted by molar-refractivity contribution is -0.130. The van der Waals surface area contributed by atoms with Crippen molar-refractivity contribution in [3.8, 4) is 0 Å². The van der Waals surface area contributed by atoms with Crippen molar-refractivity contribution >= 4 is 5.91 Å². The van der Waals surface area contributed by atoms with Crippen molar-refractivity contribution < 1.29 is 4.79 Å². The molecule has 1 rings (SSSR count). The van der Waals surface area contributed by atoms with E-state index in [-0.39, 0.29) is 5.91 Å². The lowest BCUT2D eigenvalue weighted by Gasteiger charge is -2.14. The molecule has 102 valence electrons. The van der Waals surface area contributed by atoms with Gasteiger partial charge in [0.2, 0.25) is 5.91 Å². The van der Waals surface area contributed by atoms with Gasteiger partial charge in [-0.15, -0.1) is 0 Å².